The maximum absolute atomic E-state index is 12.7. The number of rotatable bonds is 10. The summed E-state index contributed by atoms with van der Waals surface area (Å²) in [6.07, 6.45) is 0. The first-order chi connectivity index (χ1) is 18.7. The van der Waals surface area contributed by atoms with Crippen LogP contribution >= 0.6 is 11.8 Å². The maximum Gasteiger partial charge on any atom is 0.243 e. The fourth-order valence-corrected chi connectivity index (χ4v) is 5.99. The first-order valence-corrected chi connectivity index (χ1v) is 15.1. The van der Waals surface area contributed by atoms with Crippen molar-refractivity contribution in [2.45, 2.75) is 37.7 Å². The number of sulfonamides is 1. The van der Waals surface area contributed by atoms with Crippen molar-refractivity contribution in [1.82, 2.24) is 19.5 Å². The summed E-state index contributed by atoms with van der Waals surface area (Å²) < 4.78 is 26.7. The molecule has 4 aromatic rings. The molecular weight excluding hydrogens is 530 g/mol. The van der Waals surface area contributed by atoms with Gasteiger partial charge in [-0.25, -0.2) is 13.4 Å². The Morgan fingerprint density at radius 3 is 1.87 bits per heavy atom. The van der Waals surface area contributed by atoms with Crippen LogP contribution in [0.3, 0.4) is 0 Å². The van der Waals surface area contributed by atoms with Gasteiger partial charge in [0.25, 0.3) is 0 Å². The third-order valence-corrected chi connectivity index (χ3v) is 9.03. The number of hydrogen-bond donors (Lipinski definition) is 1. The average Bonchev–Trinajstić information content (AvgIpc) is 2.93. The second kappa shape index (κ2) is 12.5. The zero-order valence-corrected chi connectivity index (χ0v) is 24.0. The predicted octanol–water partition coefficient (Wildman–Crippen LogP) is 5.58. The lowest BCUT2D eigenvalue weighted by Crippen LogP contribution is -2.30. The van der Waals surface area contributed by atoms with E-state index in [1.165, 1.54) is 28.2 Å². The molecular formula is C29H31N5O3S2. The number of amides is 1. The summed E-state index contributed by atoms with van der Waals surface area (Å²) in [6.45, 7) is 8.44. The maximum atomic E-state index is 12.7. The molecule has 202 valence electrons. The van der Waals surface area contributed by atoms with Gasteiger partial charge < -0.3 is 5.32 Å². The Labute approximate surface area is 234 Å². The SMILES string of the molecule is CCN(CC)S(=O)(=O)c1ccc(NC(=O)CSc2nnc(-c3ccc(C)cc3)c(-c3ccc(C)cc3)n2)cc1. The van der Waals surface area contributed by atoms with Crippen LogP contribution in [0.2, 0.25) is 0 Å². The van der Waals surface area contributed by atoms with E-state index in [0.29, 0.717) is 35.3 Å². The Balaban J connectivity index is 1.48. The van der Waals surface area contributed by atoms with Gasteiger partial charge in [0.2, 0.25) is 21.1 Å². The second-order valence-electron chi connectivity index (χ2n) is 8.97. The van der Waals surface area contributed by atoms with Crippen molar-refractivity contribution in [3.05, 3.63) is 83.9 Å². The highest BCUT2D eigenvalue weighted by Crippen LogP contribution is 2.30. The van der Waals surface area contributed by atoms with Crippen molar-refractivity contribution in [3.63, 3.8) is 0 Å². The Kier molecular flexibility index (Phi) is 9.11. The number of carbonyl (C=O) groups excluding carboxylic acids is 1. The summed E-state index contributed by atoms with van der Waals surface area (Å²) in [5.74, 6) is -0.194. The Bertz CT molecular complexity index is 1540. The van der Waals surface area contributed by atoms with Crippen LogP contribution in [-0.2, 0) is 14.8 Å². The lowest BCUT2D eigenvalue weighted by molar-refractivity contribution is -0.113. The highest BCUT2D eigenvalue weighted by molar-refractivity contribution is 7.99. The quantitative estimate of drug-likeness (QED) is 0.252. The van der Waals surface area contributed by atoms with Crippen LogP contribution in [0.4, 0.5) is 5.69 Å². The molecule has 0 spiro atoms. The molecule has 0 aliphatic heterocycles. The molecule has 0 atom stereocenters. The fraction of sp³-hybridized carbons (Fsp3) is 0.241. The van der Waals surface area contributed by atoms with Gasteiger partial charge in [0, 0.05) is 29.9 Å². The molecule has 0 saturated carbocycles. The number of carbonyl (C=O) groups is 1. The van der Waals surface area contributed by atoms with E-state index >= 15 is 0 Å². The van der Waals surface area contributed by atoms with Gasteiger partial charge >= 0.3 is 0 Å². The molecule has 8 nitrogen and oxygen atoms in total. The molecule has 3 aromatic carbocycles. The number of aryl methyl sites for hydroxylation is 2. The molecule has 1 amide bonds. The number of nitrogens with one attached hydrogen (secondary N) is 1. The van der Waals surface area contributed by atoms with Gasteiger partial charge in [0.15, 0.2) is 0 Å². The van der Waals surface area contributed by atoms with E-state index in [1.807, 2.05) is 62.4 Å². The van der Waals surface area contributed by atoms with Gasteiger partial charge in [-0.05, 0) is 38.1 Å². The molecule has 10 heteroatoms. The van der Waals surface area contributed by atoms with Crippen LogP contribution in [0.1, 0.15) is 25.0 Å². The lowest BCUT2D eigenvalue weighted by atomic mass is 10.0. The lowest BCUT2D eigenvalue weighted by Gasteiger charge is -2.18. The summed E-state index contributed by atoms with van der Waals surface area (Å²) in [7, 11) is -3.56. The van der Waals surface area contributed by atoms with Crippen molar-refractivity contribution in [1.29, 1.82) is 0 Å². The molecule has 0 saturated heterocycles. The number of nitrogens with zero attached hydrogens (tertiary/aromatic N) is 4. The minimum atomic E-state index is -3.56. The third-order valence-electron chi connectivity index (χ3n) is 6.13. The van der Waals surface area contributed by atoms with Gasteiger partial charge in [-0.2, -0.15) is 4.31 Å². The summed E-state index contributed by atoms with van der Waals surface area (Å²) in [6, 6.07) is 22.3. The van der Waals surface area contributed by atoms with E-state index in [1.54, 1.807) is 26.0 Å². The topological polar surface area (TPSA) is 105 Å². The number of benzene rings is 3. The van der Waals surface area contributed by atoms with Gasteiger partial charge in [0.1, 0.15) is 11.4 Å². The number of thioether (sulfide) groups is 1. The number of hydrogen-bond acceptors (Lipinski definition) is 7. The molecule has 0 fully saturated rings. The standard InChI is InChI=1S/C29H31N5O3S2/c1-5-34(6-2)39(36,37)25-17-15-24(16-18-25)30-26(35)19-38-29-31-27(22-11-7-20(3)8-12-22)28(32-33-29)23-13-9-21(4)10-14-23/h7-18H,5-6,19H2,1-4H3,(H,30,35). The third kappa shape index (κ3) is 6.89. The van der Waals surface area contributed by atoms with Gasteiger partial charge in [-0.15, -0.1) is 10.2 Å². The molecule has 1 N–H and O–H groups in total. The molecule has 1 heterocycles. The largest absolute Gasteiger partial charge is 0.325 e. The molecule has 0 aliphatic carbocycles. The highest BCUT2D eigenvalue weighted by atomic mass is 32.2. The Morgan fingerprint density at radius 2 is 1.33 bits per heavy atom. The highest BCUT2D eigenvalue weighted by Gasteiger charge is 2.21. The van der Waals surface area contributed by atoms with Crippen LogP contribution in [-0.4, -0.2) is 52.7 Å². The molecule has 39 heavy (non-hydrogen) atoms. The summed E-state index contributed by atoms with van der Waals surface area (Å²) in [5.41, 5.74) is 5.99. The Morgan fingerprint density at radius 1 is 0.795 bits per heavy atom. The summed E-state index contributed by atoms with van der Waals surface area (Å²) in [5, 5.41) is 11.9. The van der Waals surface area contributed by atoms with Crippen molar-refractivity contribution in [2.75, 3.05) is 24.2 Å². The molecule has 0 radical (unpaired) electrons. The molecule has 0 bridgehead atoms. The zero-order chi connectivity index (χ0) is 28.0. The number of aromatic nitrogens is 3. The van der Waals surface area contributed by atoms with Crippen molar-refractivity contribution >= 4 is 33.4 Å². The first kappa shape index (κ1) is 28.4. The van der Waals surface area contributed by atoms with E-state index in [2.05, 4.69) is 15.5 Å². The normalized spacial score (nSPS) is 11.5. The van der Waals surface area contributed by atoms with Crippen molar-refractivity contribution in [2.24, 2.45) is 0 Å². The van der Waals surface area contributed by atoms with Gasteiger partial charge in [-0.1, -0.05) is 85.3 Å². The monoisotopic (exact) mass is 561 g/mol. The van der Waals surface area contributed by atoms with E-state index in [4.69, 9.17) is 4.98 Å². The van der Waals surface area contributed by atoms with E-state index < -0.39 is 10.0 Å². The van der Waals surface area contributed by atoms with Crippen LogP contribution in [0.5, 0.6) is 0 Å². The summed E-state index contributed by atoms with van der Waals surface area (Å²) in [4.78, 5) is 17.6. The minimum absolute atomic E-state index is 0.0679. The summed E-state index contributed by atoms with van der Waals surface area (Å²) >= 11 is 1.18. The second-order valence-corrected chi connectivity index (χ2v) is 11.9. The molecule has 0 unspecified atom stereocenters. The molecule has 0 aliphatic rings. The molecule has 4 rings (SSSR count). The average molecular weight is 562 g/mol. The van der Waals surface area contributed by atoms with Crippen molar-refractivity contribution in [3.8, 4) is 22.5 Å². The van der Waals surface area contributed by atoms with E-state index in [0.717, 1.165) is 22.3 Å². The minimum Gasteiger partial charge on any atom is -0.325 e. The fourth-order valence-electron chi connectivity index (χ4n) is 3.94. The smallest absolute Gasteiger partial charge is 0.243 e. The van der Waals surface area contributed by atoms with E-state index in [9.17, 15) is 13.2 Å². The van der Waals surface area contributed by atoms with Gasteiger partial charge in [0.05, 0.1) is 10.6 Å². The van der Waals surface area contributed by atoms with Gasteiger partial charge in [-0.3, -0.25) is 4.79 Å². The van der Waals surface area contributed by atoms with Crippen LogP contribution < -0.4 is 5.32 Å². The Hall–Kier alpha value is -3.60. The molecule has 1 aromatic heterocycles. The number of anilines is 1. The van der Waals surface area contributed by atoms with Crippen LogP contribution in [0, 0.1) is 13.8 Å². The zero-order valence-electron chi connectivity index (χ0n) is 22.4. The van der Waals surface area contributed by atoms with E-state index in [-0.39, 0.29) is 16.6 Å². The van der Waals surface area contributed by atoms with Crippen LogP contribution in [0.25, 0.3) is 22.5 Å². The predicted molar refractivity (Wildman–Crippen MR) is 156 cm³/mol. The first-order valence-electron chi connectivity index (χ1n) is 12.6. The van der Waals surface area contributed by atoms with Crippen molar-refractivity contribution < 1.29 is 13.2 Å². The van der Waals surface area contributed by atoms with Crippen LogP contribution in [0.15, 0.2) is 82.8 Å².